The first-order valence-electron chi connectivity index (χ1n) is 5.71. The molecule has 2 aromatic rings. The van der Waals surface area contributed by atoms with Gasteiger partial charge in [0.2, 0.25) is 0 Å². The molecule has 0 saturated heterocycles. The van der Waals surface area contributed by atoms with E-state index in [1.165, 1.54) is 24.3 Å². The fourth-order valence-corrected chi connectivity index (χ4v) is 3.79. The van der Waals surface area contributed by atoms with Gasteiger partial charge in [0, 0.05) is 10.6 Å². The van der Waals surface area contributed by atoms with Crippen LogP contribution >= 0.6 is 11.6 Å². The number of aliphatic carboxylic acids is 1. The summed E-state index contributed by atoms with van der Waals surface area (Å²) in [5.74, 6) is -1.46. The van der Waals surface area contributed by atoms with E-state index in [2.05, 4.69) is 0 Å². The molecule has 0 saturated carbocycles. The Hall–Kier alpha value is -1.85. The van der Waals surface area contributed by atoms with Gasteiger partial charge in [-0.25, -0.2) is 8.42 Å². The fraction of sp³-hybridized carbons (Fsp3) is 0.0714. The van der Waals surface area contributed by atoms with Crippen molar-refractivity contribution >= 4 is 27.4 Å². The summed E-state index contributed by atoms with van der Waals surface area (Å²) >= 11 is 5.93. The van der Waals surface area contributed by atoms with Gasteiger partial charge in [-0.2, -0.15) is 0 Å². The van der Waals surface area contributed by atoms with Crippen molar-refractivity contribution < 1.29 is 18.3 Å². The summed E-state index contributed by atoms with van der Waals surface area (Å²) in [6.07, 6.45) is 0. The second-order valence-electron chi connectivity index (χ2n) is 4.10. The van der Waals surface area contributed by atoms with E-state index in [0.717, 1.165) is 0 Å². The summed E-state index contributed by atoms with van der Waals surface area (Å²) in [5, 5.41) is 7.70. The molecule has 0 heterocycles. The normalized spacial score (nSPS) is 12.8. The van der Waals surface area contributed by atoms with Gasteiger partial charge in [-0.1, -0.05) is 48.0 Å². The van der Waals surface area contributed by atoms with Gasteiger partial charge in [-0.15, -0.1) is 0 Å². The lowest BCUT2D eigenvalue weighted by Crippen LogP contribution is -2.22. The van der Waals surface area contributed by atoms with Crippen molar-refractivity contribution in [3.05, 3.63) is 65.2 Å². The number of hydrogen-bond acceptors (Lipinski definition) is 3. The highest BCUT2D eigenvalue weighted by atomic mass is 35.5. The highest BCUT2D eigenvalue weighted by Crippen LogP contribution is 2.33. The Labute approximate surface area is 121 Å². The molecule has 0 amide bonds. The van der Waals surface area contributed by atoms with Gasteiger partial charge in [0.1, 0.15) is 0 Å². The molecule has 6 heteroatoms. The van der Waals surface area contributed by atoms with Crippen LogP contribution in [0.15, 0.2) is 59.5 Å². The van der Waals surface area contributed by atoms with E-state index in [0.29, 0.717) is 0 Å². The summed E-state index contributed by atoms with van der Waals surface area (Å²) in [6, 6.07) is 13.5. The number of halogens is 1. The van der Waals surface area contributed by atoms with E-state index in [1.807, 2.05) is 0 Å². The topological polar surface area (TPSA) is 71.4 Å². The molecular weight excluding hydrogens is 300 g/mol. The zero-order valence-corrected chi connectivity index (χ0v) is 11.8. The van der Waals surface area contributed by atoms with Crippen LogP contribution in [0.1, 0.15) is 10.8 Å². The van der Waals surface area contributed by atoms with Gasteiger partial charge in [-0.3, -0.25) is 4.79 Å². The predicted octanol–water partition coefficient (Wildman–Crippen LogP) is 2.94. The van der Waals surface area contributed by atoms with Crippen LogP contribution in [-0.2, 0) is 14.6 Å². The zero-order valence-electron chi connectivity index (χ0n) is 10.2. The van der Waals surface area contributed by atoms with E-state index < -0.39 is 21.1 Å². The molecular formula is C14H11ClO4S. The molecule has 0 radical (unpaired) electrons. The van der Waals surface area contributed by atoms with Crippen LogP contribution in [0.4, 0.5) is 0 Å². The molecule has 2 aromatic carbocycles. The number of hydrogen-bond donors (Lipinski definition) is 1. The molecule has 0 spiro atoms. The van der Waals surface area contributed by atoms with Crippen LogP contribution in [0.3, 0.4) is 0 Å². The number of carboxylic acids is 1. The van der Waals surface area contributed by atoms with Crippen molar-refractivity contribution in [2.75, 3.05) is 0 Å². The van der Waals surface area contributed by atoms with Crippen molar-refractivity contribution in [3.63, 3.8) is 0 Å². The van der Waals surface area contributed by atoms with Crippen molar-refractivity contribution in [1.29, 1.82) is 0 Å². The molecule has 0 aromatic heterocycles. The SMILES string of the molecule is O=C(O)C(c1ccccc1Cl)S(=O)(=O)c1ccccc1. The predicted molar refractivity (Wildman–Crippen MR) is 75.5 cm³/mol. The molecule has 104 valence electrons. The number of rotatable bonds is 4. The Morgan fingerprint density at radius 2 is 1.55 bits per heavy atom. The molecule has 0 aliphatic heterocycles. The Kier molecular flexibility index (Phi) is 4.11. The third-order valence-electron chi connectivity index (χ3n) is 2.79. The van der Waals surface area contributed by atoms with Gasteiger partial charge in [0.15, 0.2) is 15.1 Å². The summed E-state index contributed by atoms with van der Waals surface area (Å²) in [7, 11) is -4.06. The average molecular weight is 311 g/mol. The van der Waals surface area contributed by atoms with Gasteiger partial charge < -0.3 is 5.11 Å². The molecule has 4 nitrogen and oxygen atoms in total. The van der Waals surface area contributed by atoms with E-state index in [-0.39, 0.29) is 15.5 Å². The van der Waals surface area contributed by atoms with Crippen LogP contribution < -0.4 is 0 Å². The van der Waals surface area contributed by atoms with Gasteiger partial charge in [-0.05, 0) is 18.2 Å². The number of carboxylic acid groups (broad SMARTS) is 1. The first kappa shape index (κ1) is 14.6. The largest absolute Gasteiger partial charge is 0.480 e. The second-order valence-corrected chi connectivity index (χ2v) is 6.54. The minimum absolute atomic E-state index is 0.0488. The highest BCUT2D eigenvalue weighted by molar-refractivity contribution is 7.92. The molecule has 0 bridgehead atoms. The summed E-state index contributed by atoms with van der Waals surface area (Å²) in [6.45, 7) is 0. The maximum atomic E-state index is 12.5. The molecule has 20 heavy (non-hydrogen) atoms. The van der Waals surface area contributed by atoms with Crippen LogP contribution in [0.25, 0.3) is 0 Å². The third-order valence-corrected chi connectivity index (χ3v) is 5.14. The number of carbonyl (C=O) groups is 1. The van der Waals surface area contributed by atoms with E-state index in [4.69, 9.17) is 11.6 Å². The summed E-state index contributed by atoms with van der Waals surface area (Å²) in [5.41, 5.74) is 0.0607. The number of sulfone groups is 1. The molecule has 0 fully saturated rings. The standard InChI is InChI=1S/C14H11ClO4S/c15-12-9-5-4-8-11(12)13(14(16)17)20(18,19)10-6-2-1-3-7-10/h1-9,13H,(H,16,17). The van der Waals surface area contributed by atoms with Crippen LogP contribution in [0, 0.1) is 0 Å². The second kappa shape index (κ2) is 5.64. The first-order valence-corrected chi connectivity index (χ1v) is 7.63. The lowest BCUT2D eigenvalue weighted by Gasteiger charge is -2.15. The molecule has 1 atom stereocenters. The monoisotopic (exact) mass is 310 g/mol. The summed E-state index contributed by atoms with van der Waals surface area (Å²) < 4.78 is 25.0. The molecule has 2 rings (SSSR count). The fourth-order valence-electron chi connectivity index (χ4n) is 1.87. The number of benzene rings is 2. The lowest BCUT2D eigenvalue weighted by atomic mass is 10.1. The summed E-state index contributed by atoms with van der Waals surface area (Å²) in [4.78, 5) is 11.4. The van der Waals surface area contributed by atoms with Crippen molar-refractivity contribution in [2.45, 2.75) is 10.1 Å². The Balaban J connectivity index is 2.62. The Morgan fingerprint density at radius 1 is 1.00 bits per heavy atom. The van der Waals surface area contributed by atoms with Crippen LogP contribution in [0.2, 0.25) is 5.02 Å². The molecule has 0 aliphatic rings. The maximum Gasteiger partial charge on any atom is 0.326 e. The quantitative estimate of drug-likeness (QED) is 0.942. The lowest BCUT2D eigenvalue weighted by molar-refractivity contribution is -0.136. The minimum atomic E-state index is -4.06. The van der Waals surface area contributed by atoms with Gasteiger partial charge in [0.05, 0.1) is 4.90 Å². The zero-order chi connectivity index (χ0) is 14.8. The Bertz CT molecular complexity index is 726. The minimum Gasteiger partial charge on any atom is -0.480 e. The van der Waals surface area contributed by atoms with Crippen molar-refractivity contribution in [1.82, 2.24) is 0 Å². The van der Waals surface area contributed by atoms with E-state index >= 15 is 0 Å². The third kappa shape index (κ3) is 2.69. The van der Waals surface area contributed by atoms with E-state index in [9.17, 15) is 18.3 Å². The van der Waals surface area contributed by atoms with Gasteiger partial charge >= 0.3 is 5.97 Å². The van der Waals surface area contributed by atoms with Crippen molar-refractivity contribution in [3.8, 4) is 0 Å². The Morgan fingerprint density at radius 3 is 2.10 bits per heavy atom. The van der Waals surface area contributed by atoms with Crippen LogP contribution in [-0.4, -0.2) is 19.5 Å². The average Bonchev–Trinajstić information content (AvgIpc) is 2.42. The van der Waals surface area contributed by atoms with Gasteiger partial charge in [0.25, 0.3) is 0 Å². The van der Waals surface area contributed by atoms with E-state index in [1.54, 1.807) is 30.3 Å². The van der Waals surface area contributed by atoms with Crippen LogP contribution in [0.5, 0.6) is 0 Å². The first-order chi connectivity index (χ1) is 9.44. The highest BCUT2D eigenvalue weighted by Gasteiger charge is 2.36. The molecule has 1 unspecified atom stereocenters. The molecule has 1 N–H and O–H groups in total. The van der Waals surface area contributed by atoms with Crippen molar-refractivity contribution in [2.24, 2.45) is 0 Å². The smallest absolute Gasteiger partial charge is 0.326 e. The molecule has 0 aliphatic carbocycles. The maximum absolute atomic E-state index is 12.5.